The Kier molecular flexibility index (Phi) is 6.14. The van der Waals surface area contributed by atoms with Gasteiger partial charge in [0.1, 0.15) is 11.3 Å². The highest BCUT2D eigenvalue weighted by Gasteiger charge is 2.50. The average molecular weight is 432 g/mol. The predicted octanol–water partition coefficient (Wildman–Crippen LogP) is 1.38. The van der Waals surface area contributed by atoms with E-state index in [2.05, 4.69) is 5.32 Å². The van der Waals surface area contributed by atoms with Gasteiger partial charge in [0.2, 0.25) is 21.8 Å². The number of nitrogens with one attached hydrogen (secondary N) is 1. The molecule has 1 saturated heterocycles. The summed E-state index contributed by atoms with van der Waals surface area (Å²) in [6, 6.07) is 16.1. The molecule has 0 aromatic heterocycles. The number of anilines is 1. The highest BCUT2D eigenvalue weighted by molar-refractivity contribution is 7.88. The van der Waals surface area contributed by atoms with Gasteiger partial charge in [0, 0.05) is 18.8 Å². The first-order valence-corrected chi connectivity index (χ1v) is 11.2. The van der Waals surface area contributed by atoms with Gasteiger partial charge >= 0.3 is 0 Å². The number of nitrogens with zero attached hydrogens (tertiary/aromatic N) is 2. The number of carbonyl (C=O) groups excluding carboxylic acids is 2. The highest BCUT2D eigenvalue weighted by Crippen LogP contribution is 2.31. The molecule has 0 spiro atoms. The van der Waals surface area contributed by atoms with Crippen LogP contribution in [0.5, 0.6) is 5.75 Å². The monoisotopic (exact) mass is 431 g/mol. The lowest BCUT2D eigenvalue weighted by molar-refractivity contribution is -0.133. The van der Waals surface area contributed by atoms with Gasteiger partial charge in [-0.05, 0) is 36.8 Å². The summed E-state index contributed by atoms with van der Waals surface area (Å²) in [5.74, 6) is -0.311. The van der Waals surface area contributed by atoms with Crippen molar-refractivity contribution in [2.75, 3.05) is 31.4 Å². The Balaban J connectivity index is 1.95. The van der Waals surface area contributed by atoms with Gasteiger partial charge in [0.05, 0.1) is 19.9 Å². The maximum atomic E-state index is 13.3. The van der Waals surface area contributed by atoms with E-state index in [1.807, 2.05) is 30.3 Å². The van der Waals surface area contributed by atoms with Crippen molar-refractivity contribution in [1.82, 2.24) is 9.62 Å². The molecule has 9 heteroatoms. The molecule has 2 amide bonds. The zero-order valence-corrected chi connectivity index (χ0v) is 18.0. The molecule has 0 radical (unpaired) electrons. The van der Waals surface area contributed by atoms with Crippen molar-refractivity contribution >= 4 is 27.5 Å². The minimum atomic E-state index is -3.66. The number of piperazine rings is 1. The van der Waals surface area contributed by atoms with Crippen LogP contribution in [0.1, 0.15) is 12.5 Å². The quantitative estimate of drug-likeness (QED) is 0.746. The van der Waals surface area contributed by atoms with Crippen LogP contribution in [0.3, 0.4) is 0 Å². The zero-order valence-electron chi connectivity index (χ0n) is 17.2. The van der Waals surface area contributed by atoms with Crippen molar-refractivity contribution < 1.29 is 22.7 Å². The second kappa shape index (κ2) is 8.45. The largest absolute Gasteiger partial charge is 0.497 e. The van der Waals surface area contributed by atoms with Crippen LogP contribution in [0.4, 0.5) is 5.69 Å². The second-order valence-corrected chi connectivity index (χ2v) is 9.38. The second-order valence-electron chi connectivity index (χ2n) is 7.40. The number of ether oxygens (including phenoxy) is 1. The fourth-order valence-corrected chi connectivity index (χ4v) is 4.33. The maximum Gasteiger partial charge on any atom is 0.247 e. The van der Waals surface area contributed by atoms with Gasteiger partial charge < -0.3 is 10.1 Å². The van der Waals surface area contributed by atoms with E-state index < -0.39 is 27.4 Å². The molecule has 0 bridgehead atoms. The van der Waals surface area contributed by atoms with Crippen LogP contribution in [0, 0.1) is 0 Å². The molecule has 1 aliphatic heterocycles. The number of benzene rings is 2. The lowest BCUT2D eigenvalue weighted by Gasteiger charge is -2.46. The Morgan fingerprint density at radius 3 is 2.33 bits per heavy atom. The molecule has 30 heavy (non-hydrogen) atoms. The van der Waals surface area contributed by atoms with E-state index in [-0.39, 0.29) is 19.6 Å². The van der Waals surface area contributed by atoms with Crippen LogP contribution in [0.15, 0.2) is 54.6 Å². The topological polar surface area (TPSA) is 96.0 Å². The summed E-state index contributed by atoms with van der Waals surface area (Å²) in [6.45, 7) is 1.36. The van der Waals surface area contributed by atoms with E-state index in [0.29, 0.717) is 11.4 Å². The Labute approximate surface area is 176 Å². The highest BCUT2D eigenvalue weighted by atomic mass is 32.2. The molecule has 1 atom stereocenters. The van der Waals surface area contributed by atoms with Gasteiger partial charge in [-0.2, -0.15) is 4.31 Å². The summed E-state index contributed by atoms with van der Waals surface area (Å²) in [5.41, 5.74) is -0.0409. The summed E-state index contributed by atoms with van der Waals surface area (Å²) in [5, 5.41) is 2.85. The van der Waals surface area contributed by atoms with Crippen molar-refractivity contribution in [3.63, 3.8) is 0 Å². The van der Waals surface area contributed by atoms with Crippen LogP contribution in [-0.4, -0.2) is 56.5 Å². The number of hydrogen-bond acceptors (Lipinski definition) is 5. The molecular formula is C21H25N3O5S. The van der Waals surface area contributed by atoms with E-state index >= 15 is 0 Å². The molecule has 8 nitrogen and oxygen atoms in total. The first-order valence-electron chi connectivity index (χ1n) is 9.39. The molecule has 160 valence electrons. The molecule has 3 rings (SSSR count). The zero-order chi connectivity index (χ0) is 21.9. The molecule has 2 aromatic rings. The first-order chi connectivity index (χ1) is 14.1. The third kappa shape index (κ3) is 4.47. The maximum absolute atomic E-state index is 13.3. The SMILES string of the molecule is COc1ccc(N2C(=O)CN(S(C)(=O)=O)CC2(C)C(=O)NCc2ccccc2)cc1. The number of amides is 2. The number of sulfonamides is 1. The number of rotatable bonds is 6. The van der Waals surface area contributed by atoms with Crippen LogP contribution in [-0.2, 0) is 26.2 Å². The molecule has 1 unspecified atom stereocenters. The lowest BCUT2D eigenvalue weighted by atomic mass is 9.94. The van der Waals surface area contributed by atoms with Crippen molar-refractivity contribution in [3.05, 3.63) is 60.2 Å². The first kappa shape index (κ1) is 21.8. The Hall–Kier alpha value is -2.91. The van der Waals surface area contributed by atoms with Gasteiger partial charge in [-0.1, -0.05) is 30.3 Å². The summed E-state index contributed by atoms with van der Waals surface area (Å²) < 4.78 is 30.5. The van der Waals surface area contributed by atoms with Gasteiger partial charge in [0.25, 0.3) is 0 Å². The summed E-state index contributed by atoms with van der Waals surface area (Å²) in [6.07, 6.45) is 1.03. The minimum Gasteiger partial charge on any atom is -0.497 e. The fourth-order valence-electron chi connectivity index (χ4n) is 3.50. The Morgan fingerprint density at radius 2 is 1.77 bits per heavy atom. The van der Waals surface area contributed by atoms with Crippen LogP contribution in [0.25, 0.3) is 0 Å². The molecule has 0 saturated carbocycles. The van der Waals surface area contributed by atoms with Crippen molar-refractivity contribution in [1.29, 1.82) is 0 Å². The average Bonchev–Trinajstić information content (AvgIpc) is 2.72. The Bertz CT molecular complexity index is 1020. The van der Waals surface area contributed by atoms with Crippen LogP contribution in [0.2, 0.25) is 0 Å². The molecule has 2 aromatic carbocycles. The summed E-state index contributed by atoms with van der Waals surface area (Å²) in [4.78, 5) is 27.6. The molecule has 0 aliphatic carbocycles. The van der Waals surface area contributed by atoms with Crippen molar-refractivity contribution in [3.8, 4) is 5.75 Å². The lowest BCUT2D eigenvalue weighted by Crippen LogP contribution is -2.70. The van der Waals surface area contributed by atoms with Gasteiger partial charge in [-0.25, -0.2) is 8.42 Å². The van der Waals surface area contributed by atoms with Gasteiger partial charge in [-0.3, -0.25) is 14.5 Å². The van der Waals surface area contributed by atoms with Crippen LogP contribution >= 0.6 is 0 Å². The number of methoxy groups -OCH3 is 1. The number of carbonyl (C=O) groups is 2. The minimum absolute atomic E-state index is 0.149. The van der Waals surface area contributed by atoms with E-state index in [1.54, 1.807) is 31.2 Å². The van der Waals surface area contributed by atoms with Crippen LogP contribution < -0.4 is 15.0 Å². The van der Waals surface area contributed by atoms with Crippen molar-refractivity contribution in [2.24, 2.45) is 0 Å². The summed E-state index contributed by atoms with van der Waals surface area (Å²) >= 11 is 0. The molecular weight excluding hydrogens is 406 g/mol. The fraction of sp³-hybridized carbons (Fsp3) is 0.333. The third-order valence-corrected chi connectivity index (χ3v) is 6.32. The summed E-state index contributed by atoms with van der Waals surface area (Å²) in [7, 11) is -2.13. The van der Waals surface area contributed by atoms with E-state index in [4.69, 9.17) is 4.74 Å². The third-order valence-electron chi connectivity index (χ3n) is 5.12. The van der Waals surface area contributed by atoms with Gasteiger partial charge in [-0.15, -0.1) is 0 Å². The number of hydrogen-bond donors (Lipinski definition) is 1. The standard InChI is InChI=1S/C21H25N3O5S/c1-21(20(26)22-13-16-7-5-4-6-8-16)15-23(30(3,27)28)14-19(25)24(21)17-9-11-18(29-2)12-10-17/h4-12H,13-15H2,1-3H3,(H,22,26). The Morgan fingerprint density at radius 1 is 1.13 bits per heavy atom. The van der Waals surface area contributed by atoms with E-state index in [0.717, 1.165) is 16.1 Å². The van der Waals surface area contributed by atoms with E-state index in [1.165, 1.54) is 12.0 Å². The molecule has 1 N–H and O–H groups in total. The molecule has 1 fully saturated rings. The van der Waals surface area contributed by atoms with Gasteiger partial charge in [0.15, 0.2) is 0 Å². The molecule has 1 aliphatic rings. The predicted molar refractivity (Wildman–Crippen MR) is 114 cm³/mol. The van der Waals surface area contributed by atoms with E-state index in [9.17, 15) is 18.0 Å². The normalized spacial score (nSPS) is 20.1. The smallest absolute Gasteiger partial charge is 0.247 e. The van der Waals surface area contributed by atoms with Crippen molar-refractivity contribution in [2.45, 2.75) is 19.0 Å². The molecule has 1 heterocycles.